The van der Waals surface area contributed by atoms with Crippen molar-refractivity contribution in [3.05, 3.63) is 70.8 Å². The van der Waals surface area contributed by atoms with Crippen LogP contribution >= 0.6 is 0 Å². The summed E-state index contributed by atoms with van der Waals surface area (Å²) < 4.78 is 0. The molecular formula is C15H16FeO2. The molecule has 0 aromatic rings. The molecule has 0 bridgehead atoms. The first-order valence-corrected chi connectivity index (χ1v) is 5.47. The van der Waals surface area contributed by atoms with Gasteiger partial charge in [-0.15, -0.1) is 11.5 Å². The molecule has 0 aliphatic heterocycles. The van der Waals surface area contributed by atoms with Crippen molar-refractivity contribution in [3.63, 3.8) is 0 Å². The van der Waals surface area contributed by atoms with Crippen LogP contribution in [0.15, 0.2) is 70.8 Å². The Labute approximate surface area is 119 Å². The van der Waals surface area contributed by atoms with E-state index in [0.29, 0.717) is 0 Å². The molecule has 0 aromatic heterocycles. The van der Waals surface area contributed by atoms with Gasteiger partial charge in [-0.2, -0.15) is 0 Å². The third kappa shape index (κ3) is 5.26. The summed E-state index contributed by atoms with van der Waals surface area (Å²) in [6.45, 7) is 5.12. The van der Waals surface area contributed by atoms with Gasteiger partial charge in [0, 0.05) is 0 Å². The molecule has 96 valence electrons. The maximum atomic E-state index is 10.7. The summed E-state index contributed by atoms with van der Waals surface area (Å²) in [5, 5.41) is 21.2. The van der Waals surface area contributed by atoms with Gasteiger partial charge in [0.25, 0.3) is 0 Å². The minimum Gasteiger partial charge on any atom is -0.875 e. The van der Waals surface area contributed by atoms with Gasteiger partial charge in [-0.25, -0.2) is 0 Å². The van der Waals surface area contributed by atoms with Gasteiger partial charge in [0.2, 0.25) is 0 Å². The molecule has 0 heterocycles. The van der Waals surface area contributed by atoms with E-state index in [-0.39, 0.29) is 28.6 Å². The Morgan fingerprint density at radius 2 is 1.33 bits per heavy atom. The summed E-state index contributed by atoms with van der Waals surface area (Å²) in [5.41, 5.74) is 2.76. The van der Waals surface area contributed by atoms with Crippen molar-refractivity contribution in [1.29, 1.82) is 0 Å². The predicted molar refractivity (Wildman–Crippen MR) is 66.6 cm³/mol. The Bertz CT molecular complexity index is 453. The molecule has 2 aliphatic rings. The summed E-state index contributed by atoms with van der Waals surface area (Å²) in [6, 6.07) is 0. The molecule has 0 unspecified atom stereocenters. The van der Waals surface area contributed by atoms with Crippen LogP contribution in [0.4, 0.5) is 0 Å². The summed E-state index contributed by atoms with van der Waals surface area (Å²) in [5.74, 6) is 0.276. The molecule has 3 heteroatoms. The molecule has 0 spiro atoms. The Hall–Kier alpha value is -1.44. The van der Waals surface area contributed by atoms with Crippen LogP contribution in [0.5, 0.6) is 0 Å². The average Bonchev–Trinajstić information content (AvgIpc) is 2.87. The van der Waals surface area contributed by atoms with Crippen LogP contribution in [0.25, 0.3) is 0 Å². The number of hydrogen-bond acceptors (Lipinski definition) is 2. The second-order valence-corrected chi connectivity index (χ2v) is 3.96. The van der Waals surface area contributed by atoms with Crippen LogP contribution in [0.1, 0.15) is 20.8 Å². The molecular weight excluding hydrogens is 268 g/mol. The van der Waals surface area contributed by atoms with E-state index in [1.54, 1.807) is 13.8 Å². The van der Waals surface area contributed by atoms with Gasteiger partial charge in [0.15, 0.2) is 0 Å². The smallest absolute Gasteiger partial charge is 0.875 e. The van der Waals surface area contributed by atoms with Gasteiger partial charge in [0.1, 0.15) is 0 Å². The van der Waals surface area contributed by atoms with Crippen molar-refractivity contribution in [2.24, 2.45) is 0 Å². The van der Waals surface area contributed by atoms with E-state index in [4.69, 9.17) is 0 Å². The maximum Gasteiger partial charge on any atom is 2.00 e. The molecule has 2 nitrogen and oxygen atoms in total. The molecule has 0 amide bonds. The van der Waals surface area contributed by atoms with Crippen molar-refractivity contribution in [3.8, 4) is 0 Å². The standard InChI is InChI=1S/C8H10O.C7H8O.Fe/c1-6-3-4-8(5-6)7(2)9;1-6(8)7-4-2-3-5-7;/h3-5,9H,1-2H3;2-5,8H,1H3;/q;;+2/p-2. The molecule has 0 radical (unpaired) electrons. The predicted octanol–water partition coefficient (Wildman–Crippen LogP) is 1.88. The van der Waals surface area contributed by atoms with Crippen molar-refractivity contribution in [1.82, 2.24) is 0 Å². The van der Waals surface area contributed by atoms with Gasteiger partial charge in [-0.05, 0) is 18.1 Å². The molecule has 0 saturated heterocycles. The second kappa shape index (κ2) is 7.80. The van der Waals surface area contributed by atoms with Crippen LogP contribution in [-0.2, 0) is 17.1 Å². The molecule has 0 N–H and O–H groups in total. The normalized spacial score (nSPS) is 17.9. The van der Waals surface area contributed by atoms with Crippen LogP contribution in [0, 0.1) is 0 Å². The minimum atomic E-state index is 0. The molecule has 2 rings (SSSR count). The van der Waals surface area contributed by atoms with E-state index < -0.39 is 0 Å². The molecule has 0 aromatic carbocycles. The average molecular weight is 284 g/mol. The number of allylic oxidation sites excluding steroid dienone is 12. The fourth-order valence-corrected chi connectivity index (χ4v) is 1.39. The van der Waals surface area contributed by atoms with E-state index in [0.717, 1.165) is 16.7 Å². The number of rotatable bonds is 0. The Kier molecular flexibility index (Phi) is 7.18. The molecule has 2 aliphatic carbocycles. The minimum absolute atomic E-state index is 0. The van der Waals surface area contributed by atoms with Gasteiger partial charge in [0.05, 0.1) is 0 Å². The Balaban J connectivity index is 0.000000306. The SMILES string of the molecule is CC([O-])=C1C=CC=C1.CC1=CC(=C(C)[O-])C=C1.[Fe+2]. The van der Waals surface area contributed by atoms with E-state index >= 15 is 0 Å². The Morgan fingerprint density at radius 1 is 0.833 bits per heavy atom. The van der Waals surface area contributed by atoms with Gasteiger partial charge >= 0.3 is 17.1 Å². The van der Waals surface area contributed by atoms with E-state index in [2.05, 4.69) is 0 Å². The zero-order chi connectivity index (χ0) is 12.8. The van der Waals surface area contributed by atoms with Gasteiger partial charge in [-0.3, -0.25) is 0 Å². The maximum absolute atomic E-state index is 10.7. The van der Waals surface area contributed by atoms with Crippen molar-refractivity contribution in [2.45, 2.75) is 20.8 Å². The summed E-state index contributed by atoms with van der Waals surface area (Å²) in [7, 11) is 0. The monoisotopic (exact) mass is 284 g/mol. The van der Waals surface area contributed by atoms with Crippen LogP contribution in [-0.4, -0.2) is 0 Å². The van der Waals surface area contributed by atoms with E-state index in [1.165, 1.54) is 0 Å². The van der Waals surface area contributed by atoms with E-state index in [1.807, 2.05) is 49.5 Å². The summed E-state index contributed by atoms with van der Waals surface area (Å²) in [6.07, 6.45) is 13.0. The zero-order valence-corrected chi connectivity index (χ0v) is 11.8. The third-order valence-electron chi connectivity index (χ3n) is 2.38. The topological polar surface area (TPSA) is 46.1 Å². The first-order valence-electron chi connectivity index (χ1n) is 5.47. The third-order valence-corrected chi connectivity index (χ3v) is 2.38. The van der Waals surface area contributed by atoms with E-state index in [9.17, 15) is 10.2 Å². The first kappa shape index (κ1) is 16.6. The number of hydrogen-bond donors (Lipinski definition) is 0. The molecule has 18 heavy (non-hydrogen) atoms. The fraction of sp³-hybridized carbons (Fsp3) is 0.200. The molecule has 0 atom stereocenters. The Morgan fingerprint density at radius 3 is 1.56 bits per heavy atom. The summed E-state index contributed by atoms with van der Waals surface area (Å²) in [4.78, 5) is 0. The van der Waals surface area contributed by atoms with Crippen LogP contribution in [0.3, 0.4) is 0 Å². The van der Waals surface area contributed by atoms with Gasteiger partial charge in [-0.1, -0.05) is 62.0 Å². The largest absolute Gasteiger partial charge is 2.00 e. The van der Waals surface area contributed by atoms with Crippen LogP contribution in [0.2, 0.25) is 0 Å². The van der Waals surface area contributed by atoms with Crippen molar-refractivity contribution >= 4 is 0 Å². The molecule has 0 fully saturated rings. The molecule has 0 saturated carbocycles. The van der Waals surface area contributed by atoms with Crippen LogP contribution < -0.4 is 10.2 Å². The second-order valence-electron chi connectivity index (χ2n) is 3.96. The zero-order valence-electron chi connectivity index (χ0n) is 10.7. The first-order chi connectivity index (χ1) is 8.00. The quantitative estimate of drug-likeness (QED) is 0.503. The van der Waals surface area contributed by atoms with Gasteiger partial charge < -0.3 is 10.2 Å². The van der Waals surface area contributed by atoms with Crippen molar-refractivity contribution in [2.75, 3.05) is 0 Å². The fourth-order valence-electron chi connectivity index (χ4n) is 1.39. The van der Waals surface area contributed by atoms with Crippen molar-refractivity contribution < 1.29 is 27.3 Å². The summed E-state index contributed by atoms with van der Waals surface area (Å²) >= 11 is 0.